The molecule has 0 unspecified atom stereocenters. The van der Waals surface area contributed by atoms with Gasteiger partial charge in [0.2, 0.25) is 10.0 Å². The maximum absolute atomic E-state index is 13.2. The number of nitrogens with zero attached hydrogens (tertiary/aromatic N) is 3. The summed E-state index contributed by atoms with van der Waals surface area (Å²) in [6, 6.07) is 6.18. The molecular formula is C15H20FN3O2S. The Morgan fingerprint density at radius 3 is 2.59 bits per heavy atom. The molecule has 0 bridgehead atoms. The van der Waals surface area contributed by atoms with Gasteiger partial charge in [-0.3, -0.25) is 0 Å². The van der Waals surface area contributed by atoms with Crippen LogP contribution >= 0.6 is 0 Å². The molecule has 22 heavy (non-hydrogen) atoms. The summed E-state index contributed by atoms with van der Waals surface area (Å²) in [4.78, 5) is 2.01. The number of nitriles is 1. The molecule has 0 aromatic heterocycles. The van der Waals surface area contributed by atoms with Gasteiger partial charge in [0.1, 0.15) is 11.9 Å². The minimum atomic E-state index is -3.19. The molecule has 7 heteroatoms. The van der Waals surface area contributed by atoms with Gasteiger partial charge in [-0.2, -0.15) is 5.26 Å². The van der Waals surface area contributed by atoms with E-state index in [4.69, 9.17) is 5.26 Å². The third-order valence-electron chi connectivity index (χ3n) is 4.20. The molecule has 0 atom stereocenters. The highest BCUT2D eigenvalue weighted by Crippen LogP contribution is 2.26. The minimum absolute atomic E-state index is 0.0211. The zero-order chi connectivity index (χ0) is 16.3. The van der Waals surface area contributed by atoms with Crippen LogP contribution in [-0.2, 0) is 10.0 Å². The van der Waals surface area contributed by atoms with E-state index in [9.17, 15) is 12.8 Å². The van der Waals surface area contributed by atoms with Gasteiger partial charge in [-0.05, 0) is 38.0 Å². The first-order valence-corrected chi connectivity index (χ1v) is 8.90. The predicted molar refractivity (Wildman–Crippen MR) is 83.6 cm³/mol. The molecule has 1 aliphatic heterocycles. The first-order valence-electron chi connectivity index (χ1n) is 7.29. The van der Waals surface area contributed by atoms with Crippen LogP contribution in [0.5, 0.6) is 0 Å². The molecule has 1 aromatic carbocycles. The van der Waals surface area contributed by atoms with E-state index < -0.39 is 15.8 Å². The van der Waals surface area contributed by atoms with Crippen LogP contribution in [0, 0.1) is 17.1 Å². The smallest absolute Gasteiger partial charge is 0.213 e. The van der Waals surface area contributed by atoms with E-state index in [0.717, 1.165) is 0 Å². The summed E-state index contributed by atoms with van der Waals surface area (Å²) in [5.41, 5.74) is 1.02. The summed E-state index contributed by atoms with van der Waals surface area (Å²) < 4.78 is 38.5. The molecule has 0 radical (unpaired) electrons. The predicted octanol–water partition coefficient (Wildman–Crippen LogP) is 1.95. The molecular weight excluding hydrogens is 305 g/mol. The lowest BCUT2D eigenvalue weighted by atomic mass is 10.0. The molecule has 2 rings (SSSR count). The van der Waals surface area contributed by atoms with Crippen LogP contribution in [0.4, 0.5) is 10.1 Å². The van der Waals surface area contributed by atoms with Gasteiger partial charge in [-0.1, -0.05) is 0 Å². The number of rotatable bonds is 4. The number of benzene rings is 1. The third kappa shape index (κ3) is 3.39. The fraction of sp³-hybridized carbons (Fsp3) is 0.533. The Hall–Kier alpha value is -1.65. The van der Waals surface area contributed by atoms with Gasteiger partial charge >= 0.3 is 0 Å². The van der Waals surface area contributed by atoms with Crippen molar-refractivity contribution in [3.63, 3.8) is 0 Å². The molecule has 0 N–H and O–H groups in total. The first kappa shape index (κ1) is 16.7. The van der Waals surface area contributed by atoms with Gasteiger partial charge in [0.15, 0.2) is 0 Å². The molecule has 1 fully saturated rings. The van der Waals surface area contributed by atoms with Crippen molar-refractivity contribution in [2.75, 3.05) is 30.8 Å². The van der Waals surface area contributed by atoms with E-state index in [1.165, 1.54) is 16.4 Å². The first-order chi connectivity index (χ1) is 10.4. The molecule has 5 nitrogen and oxygen atoms in total. The summed E-state index contributed by atoms with van der Waals surface area (Å²) in [5, 5.41) is 9.12. The Labute approximate surface area is 131 Å². The molecule has 1 saturated heterocycles. The van der Waals surface area contributed by atoms with Crippen LogP contribution in [0.3, 0.4) is 0 Å². The molecule has 0 spiro atoms. The molecule has 0 amide bonds. The van der Waals surface area contributed by atoms with E-state index in [1.807, 2.05) is 11.0 Å². The van der Waals surface area contributed by atoms with Crippen molar-refractivity contribution < 1.29 is 12.8 Å². The Balaban J connectivity index is 2.09. The second-order valence-electron chi connectivity index (χ2n) is 5.41. The standard InChI is InChI=1S/C15H20FN3O2S/c1-3-22(20,21)18(2)14-6-8-19(9-7-14)15-5-4-13(16)10-12(15)11-17/h4-5,10,14H,3,6-9H2,1-2H3. The van der Waals surface area contributed by atoms with Gasteiger partial charge < -0.3 is 4.90 Å². The van der Waals surface area contributed by atoms with E-state index in [0.29, 0.717) is 37.2 Å². The monoisotopic (exact) mass is 325 g/mol. The second kappa shape index (κ2) is 6.63. The van der Waals surface area contributed by atoms with E-state index >= 15 is 0 Å². The topological polar surface area (TPSA) is 64.4 Å². The average Bonchev–Trinajstić information content (AvgIpc) is 2.54. The maximum Gasteiger partial charge on any atom is 0.213 e. The largest absolute Gasteiger partial charge is 0.370 e. The van der Waals surface area contributed by atoms with Crippen molar-refractivity contribution in [1.82, 2.24) is 4.31 Å². The lowest BCUT2D eigenvalue weighted by Crippen LogP contribution is -2.46. The number of piperidine rings is 1. The van der Waals surface area contributed by atoms with Crippen molar-refractivity contribution >= 4 is 15.7 Å². The maximum atomic E-state index is 13.2. The van der Waals surface area contributed by atoms with Crippen molar-refractivity contribution in [1.29, 1.82) is 5.26 Å². The van der Waals surface area contributed by atoms with Crippen LogP contribution in [0.1, 0.15) is 25.3 Å². The van der Waals surface area contributed by atoms with E-state index in [2.05, 4.69) is 0 Å². The Morgan fingerprint density at radius 2 is 2.05 bits per heavy atom. The van der Waals surface area contributed by atoms with Crippen molar-refractivity contribution in [2.24, 2.45) is 0 Å². The SMILES string of the molecule is CCS(=O)(=O)N(C)C1CCN(c2ccc(F)cc2C#N)CC1. The highest BCUT2D eigenvalue weighted by atomic mass is 32.2. The molecule has 120 valence electrons. The van der Waals surface area contributed by atoms with Crippen molar-refractivity contribution in [3.05, 3.63) is 29.6 Å². The molecule has 1 aliphatic rings. The van der Waals surface area contributed by atoms with Crippen LogP contribution < -0.4 is 4.90 Å². The van der Waals surface area contributed by atoms with E-state index in [1.54, 1.807) is 20.0 Å². The lowest BCUT2D eigenvalue weighted by Gasteiger charge is -2.37. The number of sulfonamides is 1. The second-order valence-corrected chi connectivity index (χ2v) is 7.73. The van der Waals surface area contributed by atoms with Gasteiger partial charge in [0.25, 0.3) is 0 Å². The Bertz CT molecular complexity index is 677. The van der Waals surface area contributed by atoms with Crippen LogP contribution in [-0.4, -0.2) is 44.7 Å². The van der Waals surface area contributed by atoms with Gasteiger partial charge in [-0.15, -0.1) is 0 Å². The fourth-order valence-electron chi connectivity index (χ4n) is 2.77. The Kier molecular flexibility index (Phi) is 5.04. The van der Waals surface area contributed by atoms with Crippen molar-refractivity contribution in [2.45, 2.75) is 25.8 Å². The number of hydrogen-bond donors (Lipinski definition) is 0. The lowest BCUT2D eigenvalue weighted by molar-refractivity contribution is 0.312. The average molecular weight is 325 g/mol. The zero-order valence-corrected chi connectivity index (χ0v) is 13.6. The summed E-state index contributed by atoms with van der Waals surface area (Å²) in [6.45, 7) is 2.93. The van der Waals surface area contributed by atoms with Gasteiger partial charge in [-0.25, -0.2) is 17.1 Å². The third-order valence-corrected chi connectivity index (χ3v) is 6.11. The summed E-state index contributed by atoms with van der Waals surface area (Å²) in [5.74, 6) is -0.329. The summed E-state index contributed by atoms with van der Waals surface area (Å²) >= 11 is 0. The van der Waals surface area contributed by atoms with Gasteiger partial charge in [0, 0.05) is 26.2 Å². The highest BCUT2D eigenvalue weighted by molar-refractivity contribution is 7.89. The van der Waals surface area contributed by atoms with Crippen molar-refractivity contribution in [3.8, 4) is 6.07 Å². The molecule has 1 aromatic rings. The zero-order valence-electron chi connectivity index (χ0n) is 12.8. The highest BCUT2D eigenvalue weighted by Gasteiger charge is 2.29. The van der Waals surface area contributed by atoms with Crippen LogP contribution in [0.25, 0.3) is 0 Å². The summed E-state index contributed by atoms with van der Waals surface area (Å²) in [7, 11) is -1.56. The van der Waals surface area contributed by atoms with Crippen LogP contribution in [0.2, 0.25) is 0 Å². The molecule has 0 saturated carbocycles. The quantitative estimate of drug-likeness (QED) is 0.849. The number of halogens is 1. The molecule has 0 aliphatic carbocycles. The normalized spacial score (nSPS) is 16.8. The minimum Gasteiger partial charge on any atom is -0.370 e. The van der Waals surface area contributed by atoms with E-state index in [-0.39, 0.29) is 11.8 Å². The summed E-state index contributed by atoms with van der Waals surface area (Å²) in [6.07, 6.45) is 1.38. The Morgan fingerprint density at radius 1 is 1.41 bits per heavy atom. The molecule has 1 heterocycles. The van der Waals surface area contributed by atoms with Gasteiger partial charge in [0.05, 0.1) is 17.0 Å². The van der Waals surface area contributed by atoms with Crippen LogP contribution in [0.15, 0.2) is 18.2 Å². The fourth-order valence-corrected chi connectivity index (χ4v) is 3.85. The number of hydrogen-bond acceptors (Lipinski definition) is 4. The number of anilines is 1.